The molecule has 0 bridgehead atoms. The van der Waals surface area contributed by atoms with E-state index in [4.69, 9.17) is 21.1 Å². The van der Waals surface area contributed by atoms with Gasteiger partial charge in [0, 0.05) is 69.9 Å². The first-order chi connectivity index (χ1) is 13.7. The van der Waals surface area contributed by atoms with Crippen LogP contribution >= 0.6 is 35.6 Å². The molecule has 0 saturated carbocycles. The molecule has 0 aliphatic carbocycles. The van der Waals surface area contributed by atoms with Gasteiger partial charge in [-0.1, -0.05) is 17.7 Å². The van der Waals surface area contributed by atoms with Gasteiger partial charge in [0.05, 0.1) is 0 Å². The maximum atomic E-state index is 6.12. The van der Waals surface area contributed by atoms with Crippen LogP contribution in [0.2, 0.25) is 5.02 Å². The van der Waals surface area contributed by atoms with E-state index in [-0.39, 0.29) is 24.0 Å². The van der Waals surface area contributed by atoms with E-state index >= 15 is 0 Å². The van der Waals surface area contributed by atoms with Crippen molar-refractivity contribution in [3.8, 4) is 0 Å². The second-order valence-electron chi connectivity index (χ2n) is 7.54. The molecule has 2 aliphatic heterocycles. The van der Waals surface area contributed by atoms with Gasteiger partial charge < -0.3 is 25.0 Å². The van der Waals surface area contributed by atoms with Crippen molar-refractivity contribution < 1.29 is 9.47 Å². The molecule has 0 spiro atoms. The highest BCUT2D eigenvalue weighted by atomic mass is 127. The van der Waals surface area contributed by atoms with Crippen LogP contribution in [0.4, 0.5) is 5.69 Å². The zero-order chi connectivity index (χ0) is 19.6. The lowest BCUT2D eigenvalue weighted by molar-refractivity contribution is 0.0203. The van der Waals surface area contributed by atoms with Crippen molar-refractivity contribution in [1.82, 2.24) is 10.6 Å². The van der Waals surface area contributed by atoms with Gasteiger partial charge in [0.25, 0.3) is 0 Å². The van der Waals surface area contributed by atoms with Gasteiger partial charge >= 0.3 is 0 Å². The summed E-state index contributed by atoms with van der Waals surface area (Å²) in [5, 5.41) is 7.71. The number of rotatable bonds is 8. The standard InChI is InChI=1S/C21H33ClN4O2.HI/c1-23-21(24-9-3-11-28-16-17-7-12-27-13-8-17)25-19-6-10-26(15-19)20-5-2-4-18(22)14-20;/h2,4-5,14,17,19H,3,6-13,15-16H2,1H3,(H2,23,24,25);1H. The summed E-state index contributed by atoms with van der Waals surface area (Å²) in [6.45, 7) is 6.24. The van der Waals surface area contributed by atoms with Crippen LogP contribution in [0.15, 0.2) is 29.3 Å². The van der Waals surface area contributed by atoms with Crippen molar-refractivity contribution in [1.29, 1.82) is 0 Å². The van der Waals surface area contributed by atoms with Gasteiger partial charge in [-0.2, -0.15) is 0 Å². The highest BCUT2D eigenvalue weighted by molar-refractivity contribution is 14.0. The van der Waals surface area contributed by atoms with Crippen molar-refractivity contribution >= 4 is 47.2 Å². The van der Waals surface area contributed by atoms with Crippen LogP contribution in [-0.4, -0.2) is 65.1 Å². The number of hydrogen-bond donors (Lipinski definition) is 2. The minimum absolute atomic E-state index is 0. The van der Waals surface area contributed by atoms with E-state index < -0.39 is 0 Å². The van der Waals surface area contributed by atoms with E-state index in [0.717, 1.165) is 82.7 Å². The van der Waals surface area contributed by atoms with Crippen molar-refractivity contribution in [2.75, 3.05) is 58.0 Å². The molecule has 2 fully saturated rings. The molecule has 2 aliphatic rings. The highest BCUT2D eigenvalue weighted by Gasteiger charge is 2.23. The number of guanidine groups is 1. The van der Waals surface area contributed by atoms with Gasteiger partial charge in [-0.3, -0.25) is 4.99 Å². The number of anilines is 1. The second-order valence-corrected chi connectivity index (χ2v) is 7.98. The van der Waals surface area contributed by atoms with Crippen molar-refractivity contribution in [3.05, 3.63) is 29.3 Å². The third-order valence-electron chi connectivity index (χ3n) is 5.38. The molecular formula is C21H34ClIN4O2. The molecule has 1 aromatic rings. The molecule has 6 nitrogen and oxygen atoms in total. The number of halogens is 2. The van der Waals surface area contributed by atoms with E-state index in [0.29, 0.717) is 12.0 Å². The summed E-state index contributed by atoms with van der Waals surface area (Å²) >= 11 is 6.12. The minimum Gasteiger partial charge on any atom is -0.381 e. The lowest BCUT2D eigenvalue weighted by Crippen LogP contribution is -2.45. The lowest BCUT2D eigenvalue weighted by Gasteiger charge is -2.22. The summed E-state index contributed by atoms with van der Waals surface area (Å²) in [4.78, 5) is 6.72. The molecule has 1 unspecified atom stereocenters. The molecule has 2 heterocycles. The number of aliphatic imine (C=N–C) groups is 1. The quantitative estimate of drug-likeness (QED) is 0.230. The fraction of sp³-hybridized carbons (Fsp3) is 0.667. The average molecular weight is 537 g/mol. The monoisotopic (exact) mass is 536 g/mol. The van der Waals surface area contributed by atoms with Crippen LogP contribution in [0.25, 0.3) is 0 Å². The SMILES string of the molecule is CN=C(NCCCOCC1CCOCC1)NC1CCN(c2cccc(Cl)c2)C1.I. The van der Waals surface area contributed by atoms with Crippen LogP contribution in [0.1, 0.15) is 25.7 Å². The number of ether oxygens (including phenoxy) is 2. The largest absolute Gasteiger partial charge is 0.381 e. The Morgan fingerprint density at radius 2 is 2.14 bits per heavy atom. The van der Waals surface area contributed by atoms with Crippen molar-refractivity contribution in [3.63, 3.8) is 0 Å². The summed E-state index contributed by atoms with van der Waals surface area (Å²) in [7, 11) is 1.82. The first kappa shape index (κ1) is 24.5. The van der Waals surface area contributed by atoms with Gasteiger partial charge in [0.15, 0.2) is 5.96 Å². The summed E-state index contributed by atoms with van der Waals surface area (Å²) in [5.74, 6) is 1.53. The minimum atomic E-state index is 0. The molecule has 0 aromatic heterocycles. The molecule has 3 rings (SSSR count). The van der Waals surface area contributed by atoms with Gasteiger partial charge in [0.2, 0.25) is 0 Å². The molecule has 29 heavy (non-hydrogen) atoms. The highest BCUT2D eigenvalue weighted by Crippen LogP contribution is 2.23. The van der Waals surface area contributed by atoms with E-state index in [1.165, 1.54) is 5.69 Å². The molecule has 164 valence electrons. The Bertz CT molecular complexity index is 628. The maximum absolute atomic E-state index is 6.12. The van der Waals surface area contributed by atoms with E-state index in [9.17, 15) is 0 Å². The van der Waals surface area contributed by atoms with Gasteiger partial charge in [0.1, 0.15) is 0 Å². The summed E-state index contributed by atoms with van der Waals surface area (Å²) < 4.78 is 11.2. The predicted molar refractivity (Wildman–Crippen MR) is 131 cm³/mol. The zero-order valence-corrected chi connectivity index (χ0v) is 20.3. The van der Waals surface area contributed by atoms with Crippen LogP contribution in [0.3, 0.4) is 0 Å². The Morgan fingerprint density at radius 1 is 1.31 bits per heavy atom. The number of nitrogens with zero attached hydrogens (tertiary/aromatic N) is 2. The predicted octanol–water partition coefficient (Wildman–Crippen LogP) is 3.54. The molecule has 0 radical (unpaired) electrons. The first-order valence-electron chi connectivity index (χ1n) is 10.4. The molecule has 2 saturated heterocycles. The third-order valence-corrected chi connectivity index (χ3v) is 5.61. The summed E-state index contributed by atoms with van der Waals surface area (Å²) in [6.07, 6.45) is 4.31. The van der Waals surface area contributed by atoms with Crippen LogP contribution < -0.4 is 15.5 Å². The van der Waals surface area contributed by atoms with Gasteiger partial charge in [-0.25, -0.2) is 0 Å². The summed E-state index contributed by atoms with van der Waals surface area (Å²) in [6, 6.07) is 8.44. The number of nitrogens with one attached hydrogen (secondary N) is 2. The average Bonchev–Trinajstić information content (AvgIpc) is 3.19. The van der Waals surface area contributed by atoms with Gasteiger partial charge in [-0.05, 0) is 49.8 Å². The van der Waals surface area contributed by atoms with E-state index in [1.807, 2.05) is 25.2 Å². The molecule has 1 aromatic carbocycles. The van der Waals surface area contributed by atoms with Crippen LogP contribution in [0.5, 0.6) is 0 Å². The Hall–Kier alpha value is -0.770. The smallest absolute Gasteiger partial charge is 0.191 e. The second kappa shape index (κ2) is 13.5. The maximum Gasteiger partial charge on any atom is 0.191 e. The fourth-order valence-electron chi connectivity index (χ4n) is 3.72. The molecular weight excluding hydrogens is 503 g/mol. The summed E-state index contributed by atoms with van der Waals surface area (Å²) in [5.41, 5.74) is 1.18. The number of hydrogen-bond acceptors (Lipinski definition) is 4. The third kappa shape index (κ3) is 8.47. The topological polar surface area (TPSA) is 58.1 Å². The first-order valence-corrected chi connectivity index (χ1v) is 10.8. The molecule has 8 heteroatoms. The zero-order valence-electron chi connectivity index (χ0n) is 17.2. The van der Waals surface area contributed by atoms with Crippen LogP contribution in [-0.2, 0) is 9.47 Å². The lowest BCUT2D eigenvalue weighted by atomic mass is 10.0. The van der Waals surface area contributed by atoms with Crippen molar-refractivity contribution in [2.45, 2.75) is 31.7 Å². The Kier molecular flexibility index (Phi) is 11.4. The molecule has 2 N–H and O–H groups in total. The van der Waals surface area contributed by atoms with Crippen LogP contribution in [0, 0.1) is 5.92 Å². The molecule has 0 amide bonds. The van der Waals surface area contributed by atoms with Crippen molar-refractivity contribution in [2.24, 2.45) is 10.9 Å². The van der Waals surface area contributed by atoms with Gasteiger partial charge in [-0.15, -0.1) is 24.0 Å². The number of benzene rings is 1. The Morgan fingerprint density at radius 3 is 2.90 bits per heavy atom. The van der Waals surface area contributed by atoms with E-state index in [2.05, 4.69) is 26.6 Å². The Labute approximate surface area is 196 Å². The normalized spacial score (nSPS) is 20.4. The van der Waals surface area contributed by atoms with E-state index in [1.54, 1.807) is 0 Å². The molecule has 1 atom stereocenters. The fourth-order valence-corrected chi connectivity index (χ4v) is 3.90. The Balaban J connectivity index is 0.00000300.